The summed E-state index contributed by atoms with van der Waals surface area (Å²) in [5.74, 6) is -0.175. The molecule has 1 amide bonds. The third-order valence-corrected chi connectivity index (χ3v) is 3.16. The molecule has 1 aliphatic rings. The van der Waals surface area contributed by atoms with Crippen molar-refractivity contribution in [1.29, 1.82) is 5.26 Å². The maximum absolute atomic E-state index is 12.1. The van der Waals surface area contributed by atoms with E-state index < -0.39 is 5.41 Å². The molecule has 2 N–H and O–H groups in total. The molecule has 1 aromatic rings. The van der Waals surface area contributed by atoms with Crippen molar-refractivity contribution in [1.82, 2.24) is 5.32 Å². The molecule has 0 radical (unpaired) electrons. The highest BCUT2D eigenvalue weighted by molar-refractivity contribution is 5.88. The molecule has 4 nitrogen and oxygen atoms in total. The molecule has 18 heavy (non-hydrogen) atoms. The molecular weight excluding hydrogens is 226 g/mol. The SMILES string of the molecule is CC(C)(C#N)CNC(=O)C1CNc2ccccc21. The van der Waals surface area contributed by atoms with E-state index in [2.05, 4.69) is 16.7 Å². The lowest BCUT2D eigenvalue weighted by atomic mass is 9.95. The summed E-state index contributed by atoms with van der Waals surface area (Å²) < 4.78 is 0. The molecule has 0 aromatic heterocycles. The van der Waals surface area contributed by atoms with E-state index >= 15 is 0 Å². The minimum Gasteiger partial charge on any atom is -0.384 e. The number of anilines is 1. The third kappa shape index (κ3) is 2.45. The Morgan fingerprint density at radius 3 is 3.00 bits per heavy atom. The van der Waals surface area contributed by atoms with Gasteiger partial charge in [-0.15, -0.1) is 0 Å². The number of fused-ring (bicyclic) bond motifs is 1. The van der Waals surface area contributed by atoms with Crippen molar-refractivity contribution in [2.45, 2.75) is 19.8 Å². The molecule has 0 saturated carbocycles. The van der Waals surface area contributed by atoms with E-state index in [1.165, 1.54) is 0 Å². The van der Waals surface area contributed by atoms with Crippen molar-refractivity contribution in [2.75, 3.05) is 18.4 Å². The van der Waals surface area contributed by atoms with E-state index in [0.717, 1.165) is 11.3 Å². The summed E-state index contributed by atoms with van der Waals surface area (Å²) >= 11 is 0. The smallest absolute Gasteiger partial charge is 0.229 e. The summed E-state index contributed by atoms with van der Waals surface area (Å²) in [7, 11) is 0. The standard InChI is InChI=1S/C14H17N3O/c1-14(2,8-15)9-17-13(18)11-7-16-12-6-4-3-5-10(11)12/h3-6,11,16H,7,9H2,1-2H3,(H,17,18). The average Bonchev–Trinajstić information content (AvgIpc) is 2.80. The number of carbonyl (C=O) groups excluding carboxylic acids is 1. The fourth-order valence-electron chi connectivity index (χ4n) is 1.99. The van der Waals surface area contributed by atoms with Crippen LogP contribution < -0.4 is 10.6 Å². The minimum absolute atomic E-state index is 0.0178. The largest absolute Gasteiger partial charge is 0.384 e. The van der Waals surface area contributed by atoms with Crippen LogP contribution in [0.15, 0.2) is 24.3 Å². The third-order valence-electron chi connectivity index (χ3n) is 3.16. The minimum atomic E-state index is -0.527. The van der Waals surface area contributed by atoms with Crippen LogP contribution in [0.1, 0.15) is 25.3 Å². The zero-order valence-electron chi connectivity index (χ0n) is 10.7. The topological polar surface area (TPSA) is 64.9 Å². The normalized spacial score (nSPS) is 17.5. The molecule has 1 atom stereocenters. The average molecular weight is 243 g/mol. The Hall–Kier alpha value is -2.02. The Labute approximate surface area is 107 Å². The number of carbonyl (C=O) groups is 1. The number of amides is 1. The predicted molar refractivity (Wildman–Crippen MR) is 70.1 cm³/mol. The monoisotopic (exact) mass is 243 g/mol. The van der Waals surface area contributed by atoms with Crippen LogP contribution in [0.4, 0.5) is 5.69 Å². The molecule has 0 spiro atoms. The van der Waals surface area contributed by atoms with Crippen molar-refractivity contribution in [3.63, 3.8) is 0 Å². The number of nitrogens with zero attached hydrogens (tertiary/aromatic N) is 1. The Bertz CT molecular complexity index is 502. The first-order chi connectivity index (χ1) is 8.53. The van der Waals surface area contributed by atoms with Crippen LogP contribution >= 0.6 is 0 Å². The molecule has 0 aliphatic carbocycles. The van der Waals surface area contributed by atoms with Crippen molar-refractivity contribution in [3.05, 3.63) is 29.8 Å². The van der Waals surface area contributed by atoms with E-state index in [9.17, 15) is 4.79 Å². The number of hydrogen-bond donors (Lipinski definition) is 2. The van der Waals surface area contributed by atoms with Crippen LogP contribution in [-0.4, -0.2) is 19.0 Å². The van der Waals surface area contributed by atoms with Gasteiger partial charge in [-0.05, 0) is 25.5 Å². The van der Waals surface area contributed by atoms with Crippen molar-refractivity contribution < 1.29 is 4.79 Å². The van der Waals surface area contributed by atoms with Gasteiger partial charge in [0.05, 0.1) is 17.4 Å². The Morgan fingerprint density at radius 1 is 1.56 bits per heavy atom. The second-order valence-corrected chi connectivity index (χ2v) is 5.23. The van der Waals surface area contributed by atoms with Crippen molar-refractivity contribution in [2.24, 2.45) is 5.41 Å². The molecule has 4 heteroatoms. The lowest BCUT2D eigenvalue weighted by molar-refractivity contribution is -0.122. The van der Waals surface area contributed by atoms with Gasteiger partial charge in [0.2, 0.25) is 5.91 Å². The summed E-state index contributed by atoms with van der Waals surface area (Å²) in [4.78, 5) is 12.1. The molecule has 0 saturated heterocycles. The van der Waals surface area contributed by atoms with E-state index in [4.69, 9.17) is 5.26 Å². The fourth-order valence-corrected chi connectivity index (χ4v) is 1.99. The first-order valence-corrected chi connectivity index (χ1v) is 6.05. The molecular formula is C14H17N3O. The van der Waals surface area contributed by atoms with Gasteiger partial charge in [0.1, 0.15) is 0 Å². The van der Waals surface area contributed by atoms with E-state index in [0.29, 0.717) is 13.1 Å². The molecule has 1 heterocycles. The van der Waals surface area contributed by atoms with Gasteiger partial charge in [-0.1, -0.05) is 18.2 Å². The number of rotatable bonds is 3. The number of hydrogen-bond acceptors (Lipinski definition) is 3. The predicted octanol–water partition coefficient (Wildman–Crippen LogP) is 1.86. The Balaban J connectivity index is 2.02. The highest BCUT2D eigenvalue weighted by atomic mass is 16.1. The van der Waals surface area contributed by atoms with Gasteiger partial charge in [0, 0.05) is 18.8 Å². The van der Waals surface area contributed by atoms with Crippen LogP contribution in [0, 0.1) is 16.7 Å². The Kier molecular flexibility index (Phi) is 3.24. The maximum Gasteiger partial charge on any atom is 0.229 e. The van der Waals surface area contributed by atoms with Gasteiger partial charge in [0.15, 0.2) is 0 Å². The summed E-state index contributed by atoms with van der Waals surface area (Å²) in [5.41, 5.74) is 1.53. The maximum atomic E-state index is 12.1. The number of benzene rings is 1. The van der Waals surface area contributed by atoms with Gasteiger partial charge >= 0.3 is 0 Å². The zero-order chi connectivity index (χ0) is 13.2. The first kappa shape index (κ1) is 12.4. The second kappa shape index (κ2) is 4.69. The van der Waals surface area contributed by atoms with Gasteiger partial charge < -0.3 is 10.6 Å². The molecule has 1 aromatic carbocycles. The highest BCUT2D eigenvalue weighted by Gasteiger charge is 2.29. The summed E-state index contributed by atoms with van der Waals surface area (Å²) in [6, 6.07) is 10.0. The molecule has 1 unspecified atom stereocenters. The van der Waals surface area contributed by atoms with Crippen LogP contribution in [-0.2, 0) is 4.79 Å². The van der Waals surface area contributed by atoms with Crippen LogP contribution in [0.2, 0.25) is 0 Å². The molecule has 0 bridgehead atoms. The molecule has 94 valence electrons. The van der Waals surface area contributed by atoms with Gasteiger partial charge in [0.25, 0.3) is 0 Å². The van der Waals surface area contributed by atoms with Gasteiger partial charge in [-0.25, -0.2) is 0 Å². The Morgan fingerprint density at radius 2 is 2.28 bits per heavy atom. The lowest BCUT2D eigenvalue weighted by Gasteiger charge is -2.18. The number of para-hydroxylation sites is 1. The number of nitriles is 1. The first-order valence-electron chi connectivity index (χ1n) is 6.05. The highest BCUT2D eigenvalue weighted by Crippen LogP contribution is 2.31. The van der Waals surface area contributed by atoms with Gasteiger partial charge in [-0.3, -0.25) is 4.79 Å². The van der Waals surface area contributed by atoms with Crippen molar-refractivity contribution >= 4 is 11.6 Å². The fraction of sp³-hybridized carbons (Fsp3) is 0.429. The van der Waals surface area contributed by atoms with Gasteiger partial charge in [-0.2, -0.15) is 5.26 Å². The van der Waals surface area contributed by atoms with Crippen molar-refractivity contribution in [3.8, 4) is 6.07 Å². The number of nitrogens with one attached hydrogen (secondary N) is 2. The summed E-state index contributed by atoms with van der Waals surface area (Å²) in [5, 5.41) is 15.0. The summed E-state index contributed by atoms with van der Waals surface area (Å²) in [6.07, 6.45) is 0. The van der Waals surface area contributed by atoms with Crippen LogP contribution in [0.3, 0.4) is 0 Å². The zero-order valence-corrected chi connectivity index (χ0v) is 10.7. The quantitative estimate of drug-likeness (QED) is 0.851. The van der Waals surface area contributed by atoms with E-state index in [1.54, 1.807) is 0 Å². The lowest BCUT2D eigenvalue weighted by Crippen LogP contribution is -2.36. The summed E-state index contributed by atoms with van der Waals surface area (Å²) in [6.45, 7) is 4.63. The second-order valence-electron chi connectivity index (χ2n) is 5.23. The molecule has 1 aliphatic heterocycles. The van der Waals surface area contributed by atoms with Crippen LogP contribution in [0.25, 0.3) is 0 Å². The molecule has 0 fully saturated rings. The molecule has 2 rings (SSSR count). The van der Waals surface area contributed by atoms with E-state index in [-0.39, 0.29) is 11.8 Å². The van der Waals surface area contributed by atoms with E-state index in [1.807, 2.05) is 38.1 Å². The van der Waals surface area contributed by atoms with Crippen LogP contribution in [0.5, 0.6) is 0 Å².